The summed E-state index contributed by atoms with van der Waals surface area (Å²) in [6, 6.07) is -0.322. The van der Waals surface area contributed by atoms with Crippen molar-refractivity contribution in [1.29, 1.82) is 0 Å². The first-order valence-electron chi connectivity index (χ1n) is 7.79. The van der Waals surface area contributed by atoms with E-state index in [2.05, 4.69) is 31.0 Å². The Labute approximate surface area is 126 Å². The van der Waals surface area contributed by atoms with Crippen LogP contribution in [0.15, 0.2) is 0 Å². The van der Waals surface area contributed by atoms with Crippen LogP contribution < -0.4 is 5.32 Å². The molecular weight excluding hydrogens is 270 g/mol. The van der Waals surface area contributed by atoms with E-state index in [1.165, 1.54) is 0 Å². The number of hydrogen-bond donors (Lipinski definition) is 2. The van der Waals surface area contributed by atoms with Crippen LogP contribution in [0.25, 0.3) is 0 Å². The Kier molecular flexibility index (Phi) is 4.76. The summed E-state index contributed by atoms with van der Waals surface area (Å²) in [5, 5.41) is 11.9. The Balaban J connectivity index is 1.82. The molecule has 0 aromatic heterocycles. The molecule has 1 unspecified atom stereocenters. The van der Waals surface area contributed by atoms with Gasteiger partial charge in [-0.3, -0.25) is 9.69 Å². The number of carboxylic acids is 1. The quantitative estimate of drug-likeness (QED) is 0.822. The molecule has 1 aliphatic heterocycles. The van der Waals surface area contributed by atoms with Gasteiger partial charge in [0.2, 0.25) is 0 Å². The lowest BCUT2D eigenvalue weighted by Gasteiger charge is -2.42. The van der Waals surface area contributed by atoms with Crippen molar-refractivity contribution in [2.75, 3.05) is 26.2 Å². The van der Waals surface area contributed by atoms with E-state index < -0.39 is 5.97 Å². The second-order valence-electron chi connectivity index (χ2n) is 7.14. The summed E-state index contributed by atoms with van der Waals surface area (Å²) in [6.45, 7) is 9.67. The lowest BCUT2D eigenvalue weighted by atomic mass is 10.1. The Morgan fingerprint density at radius 3 is 2.19 bits per heavy atom. The molecule has 6 nitrogen and oxygen atoms in total. The maximum Gasteiger partial charge on any atom is 0.317 e. The molecule has 2 rings (SSSR count). The van der Waals surface area contributed by atoms with Gasteiger partial charge in [-0.05, 0) is 39.5 Å². The number of piperazine rings is 1. The molecule has 1 aliphatic carbocycles. The lowest BCUT2D eigenvalue weighted by molar-refractivity contribution is -0.137. The van der Waals surface area contributed by atoms with Crippen LogP contribution in [0, 0.1) is 5.92 Å². The summed E-state index contributed by atoms with van der Waals surface area (Å²) in [7, 11) is 0. The highest BCUT2D eigenvalue weighted by Gasteiger charge is 2.35. The van der Waals surface area contributed by atoms with Crippen LogP contribution in [0.3, 0.4) is 0 Å². The fourth-order valence-corrected chi connectivity index (χ4v) is 2.85. The second-order valence-corrected chi connectivity index (χ2v) is 7.14. The number of carboxylic acid groups (broad SMARTS) is 1. The van der Waals surface area contributed by atoms with Gasteiger partial charge in [-0.25, -0.2) is 4.79 Å². The molecule has 0 radical (unpaired) electrons. The van der Waals surface area contributed by atoms with E-state index in [0.29, 0.717) is 19.0 Å². The zero-order valence-corrected chi connectivity index (χ0v) is 13.3. The predicted molar refractivity (Wildman–Crippen MR) is 80.2 cm³/mol. The van der Waals surface area contributed by atoms with Gasteiger partial charge >= 0.3 is 12.0 Å². The molecule has 0 bridgehead atoms. The van der Waals surface area contributed by atoms with Crippen molar-refractivity contribution in [3.8, 4) is 0 Å². The third kappa shape index (κ3) is 4.59. The largest absolute Gasteiger partial charge is 0.481 e. The van der Waals surface area contributed by atoms with E-state index >= 15 is 0 Å². The van der Waals surface area contributed by atoms with Gasteiger partial charge in [-0.1, -0.05) is 0 Å². The molecule has 0 aromatic carbocycles. The summed E-state index contributed by atoms with van der Waals surface area (Å²) < 4.78 is 0. The van der Waals surface area contributed by atoms with E-state index in [4.69, 9.17) is 5.11 Å². The zero-order chi connectivity index (χ0) is 15.6. The summed E-state index contributed by atoms with van der Waals surface area (Å²) in [5.41, 5.74) is 0.127. The van der Waals surface area contributed by atoms with Crippen molar-refractivity contribution < 1.29 is 14.7 Å². The molecule has 1 heterocycles. The molecule has 1 saturated heterocycles. The fraction of sp³-hybridized carbons (Fsp3) is 0.867. The first-order chi connectivity index (χ1) is 9.77. The Bertz CT molecular complexity index is 393. The minimum absolute atomic E-state index is 0.0262. The third-order valence-electron chi connectivity index (χ3n) is 4.41. The molecular formula is C15H27N3O3. The Morgan fingerprint density at radius 2 is 1.76 bits per heavy atom. The van der Waals surface area contributed by atoms with Crippen molar-refractivity contribution in [2.45, 2.75) is 51.6 Å². The van der Waals surface area contributed by atoms with Crippen molar-refractivity contribution in [3.05, 3.63) is 0 Å². The fourth-order valence-electron chi connectivity index (χ4n) is 2.85. The highest BCUT2D eigenvalue weighted by atomic mass is 16.4. The molecule has 0 spiro atoms. The normalized spacial score (nSPS) is 22.0. The predicted octanol–water partition coefficient (Wildman–Crippen LogP) is 1.37. The van der Waals surface area contributed by atoms with Crippen LogP contribution >= 0.6 is 0 Å². The molecule has 1 saturated carbocycles. The third-order valence-corrected chi connectivity index (χ3v) is 4.41. The topological polar surface area (TPSA) is 72.9 Å². The molecule has 2 aliphatic rings. The average Bonchev–Trinajstić information content (AvgIpc) is 3.20. The maximum absolute atomic E-state index is 12.3. The number of aliphatic carboxylic acids is 1. The molecule has 1 atom stereocenters. The molecule has 0 aromatic rings. The van der Waals surface area contributed by atoms with E-state index in [1.54, 1.807) is 4.90 Å². The van der Waals surface area contributed by atoms with Crippen LogP contribution in [-0.4, -0.2) is 64.7 Å². The standard InChI is InChI=1S/C15H27N3O3/c1-15(2,3)18-8-6-17(7-9-18)14(21)16-12(10-13(19)20)11-4-5-11/h11-12H,4-10H2,1-3H3,(H,16,21)(H,19,20). The summed E-state index contributed by atoms with van der Waals surface area (Å²) in [5.74, 6) is -0.495. The van der Waals surface area contributed by atoms with Gasteiger partial charge in [0.15, 0.2) is 0 Å². The van der Waals surface area contributed by atoms with Gasteiger partial charge in [0, 0.05) is 37.8 Å². The number of nitrogens with one attached hydrogen (secondary N) is 1. The van der Waals surface area contributed by atoms with Crippen molar-refractivity contribution in [3.63, 3.8) is 0 Å². The van der Waals surface area contributed by atoms with Crippen LogP contribution in [0.2, 0.25) is 0 Å². The van der Waals surface area contributed by atoms with E-state index in [9.17, 15) is 9.59 Å². The number of amides is 2. The van der Waals surface area contributed by atoms with Gasteiger partial charge in [-0.15, -0.1) is 0 Å². The smallest absolute Gasteiger partial charge is 0.317 e. The van der Waals surface area contributed by atoms with Gasteiger partial charge in [0.25, 0.3) is 0 Å². The van der Waals surface area contributed by atoms with Gasteiger partial charge in [0.1, 0.15) is 0 Å². The highest BCUT2D eigenvalue weighted by molar-refractivity contribution is 5.76. The monoisotopic (exact) mass is 297 g/mol. The second kappa shape index (κ2) is 6.22. The lowest BCUT2D eigenvalue weighted by Crippen LogP contribution is -2.57. The first-order valence-corrected chi connectivity index (χ1v) is 7.79. The van der Waals surface area contributed by atoms with Gasteiger partial charge in [-0.2, -0.15) is 0 Å². The molecule has 6 heteroatoms. The minimum atomic E-state index is -0.843. The Hall–Kier alpha value is -1.30. The van der Waals surface area contributed by atoms with E-state index in [-0.39, 0.29) is 24.0 Å². The molecule has 21 heavy (non-hydrogen) atoms. The van der Waals surface area contributed by atoms with Crippen molar-refractivity contribution >= 4 is 12.0 Å². The SMILES string of the molecule is CC(C)(C)N1CCN(C(=O)NC(CC(=O)O)C2CC2)CC1. The van der Waals surface area contributed by atoms with Crippen LogP contribution in [0.1, 0.15) is 40.0 Å². The highest BCUT2D eigenvalue weighted by Crippen LogP contribution is 2.34. The molecule has 2 fully saturated rings. The van der Waals surface area contributed by atoms with Crippen LogP contribution in [-0.2, 0) is 4.79 Å². The van der Waals surface area contributed by atoms with E-state index in [0.717, 1.165) is 25.9 Å². The maximum atomic E-state index is 12.3. The minimum Gasteiger partial charge on any atom is -0.481 e. The molecule has 2 N–H and O–H groups in total. The van der Waals surface area contributed by atoms with Crippen LogP contribution in [0.4, 0.5) is 4.79 Å². The average molecular weight is 297 g/mol. The molecule has 2 amide bonds. The van der Waals surface area contributed by atoms with E-state index in [1.807, 2.05) is 0 Å². The summed E-state index contributed by atoms with van der Waals surface area (Å²) in [4.78, 5) is 27.3. The van der Waals surface area contributed by atoms with Crippen molar-refractivity contribution in [2.24, 2.45) is 5.92 Å². The number of rotatable bonds is 4. The zero-order valence-electron chi connectivity index (χ0n) is 13.3. The number of hydrogen-bond acceptors (Lipinski definition) is 3. The summed E-state index contributed by atoms with van der Waals surface area (Å²) in [6.07, 6.45) is 2.07. The number of carbonyl (C=O) groups excluding carboxylic acids is 1. The number of nitrogens with zero attached hydrogens (tertiary/aromatic N) is 2. The van der Waals surface area contributed by atoms with Crippen molar-refractivity contribution in [1.82, 2.24) is 15.1 Å². The van der Waals surface area contributed by atoms with Gasteiger partial charge < -0.3 is 15.3 Å². The number of urea groups is 1. The summed E-state index contributed by atoms with van der Waals surface area (Å²) >= 11 is 0. The number of carbonyl (C=O) groups is 2. The first kappa shape index (κ1) is 16.1. The Morgan fingerprint density at radius 1 is 1.19 bits per heavy atom. The van der Waals surface area contributed by atoms with Crippen LogP contribution in [0.5, 0.6) is 0 Å². The molecule has 120 valence electrons. The van der Waals surface area contributed by atoms with Gasteiger partial charge in [0.05, 0.1) is 6.42 Å².